The number of fused-ring (bicyclic) bond motifs is 2. The highest BCUT2D eigenvalue weighted by molar-refractivity contribution is 6.04. The summed E-state index contributed by atoms with van der Waals surface area (Å²) in [5, 5.41) is 9.29. The van der Waals surface area contributed by atoms with Crippen LogP contribution >= 0.6 is 0 Å². The maximum Gasteiger partial charge on any atom is 0.414 e. The number of ether oxygens (including phenoxy) is 3. The van der Waals surface area contributed by atoms with Crippen molar-refractivity contribution in [3.05, 3.63) is 41.6 Å². The minimum absolute atomic E-state index is 0.129. The van der Waals surface area contributed by atoms with Gasteiger partial charge in [-0.15, -0.1) is 0 Å². The van der Waals surface area contributed by atoms with Crippen LogP contribution < -0.4 is 20.9 Å². The molecule has 0 unspecified atom stereocenters. The van der Waals surface area contributed by atoms with Gasteiger partial charge in [-0.1, -0.05) is 0 Å². The van der Waals surface area contributed by atoms with E-state index < -0.39 is 35.3 Å². The van der Waals surface area contributed by atoms with E-state index in [0.29, 0.717) is 52.7 Å². The van der Waals surface area contributed by atoms with Gasteiger partial charge in [-0.25, -0.2) is 23.8 Å². The highest BCUT2D eigenvalue weighted by Crippen LogP contribution is 2.46. The van der Waals surface area contributed by atoms with E-state index in [4.69, 9.17) is 14.2 Å². The Morgan fingerprint density at radius 3 is 2.31 bits per heavy atom. The van der Waals surface area contributed by atoms with Gasteiger partial charge in [0, 0.05) is 54.0 Å². The quantitative estimate of drug-likeness (QED) is 0.250. The standard InChI is InChI=1S/C35H43FN6O6/c1-19-23(15-38-25-9-8-10-42(29(19)25)32(45)48-34(5,6)7)22-11-20-12-26(40-30(43)46-21-13-35(14-21)17-37-18-35)39-16-24(20)28(27(22)36)41-31(44)47-33(2,3)4/h11-12,15-16,21,37H,8-10,13-14,17-18H2,1-7H3,(H,41,44)(H,39,40,43). The smallest absolute Gasteiger partial charge is 0.414 e. The molecule has 3 aliphatic rings. The third-order valence-corrected chi connectivity index (χ3v) is 8.76. The first-order valence-corrected chi connectivity index (χ1v) is 16.3. The summed E-state index contributed by atoms with van der Waals surface area (Å²) in [5.74, 6) is -0.534. The fourth-order valence-electron chi connectivity index (χ4n) is 6.58. The Morgan fingerprint density at radius 1 is 0.958 bits per heavy atom. The number of aryl methyl sites for hydroxylation is 1. The van der Waals surface area contributed by atoms with Gasteiger partial charge in [0.05, 0.1) is 17.1 Å². The molecule has 0 bridgehead atoms. The van der Waals surface area contributed by atoms with Crippen molar-refractivity contribution in [3.63, 3.8) is 0 Å². The second-order valence-corrected chi connectivity index (χ2v) is 15.0. The van der Waals surface area contributed by atoms with Gasteiger partial charge in [0.15, 0.2) is 5.82 Å². The maximum absolute atomic E-state index is 16.6. The average molecular weight is 663 g/mol. The van der Waals surface area contributed by atoms with Crippen molar-refractivity contribution in [2.45, 2.75) is 91.5 Å². The Hall–Kier alpha value is -4.52. The summed E-state index contributed by atoms with van der Waals surface area (Å²) in [6.45, 7) is 14.6. The highest BCUT2D eigenvalue weighted by Gasteiger charge is 2.50. The predicted molar refractivity (Wildman–Crippen MR) is 180 cm³/mol. The second kappa shape index (κ2) is 12.2. The topological polar surface area (TPSA) is 144 Å². The summed E-state index contributed by atoms with van der Waals surface area (Å²) in [4.78, 5) is 49.4. The zero-order valence-corrected chi connectivity index (χ0v) is 28.5. The molecule has 2 fully saturated rings. The normalized spacial score (nSPS) is 17.2. The first-order valence-electron chi connectivity index (χ1n) is 16.3. The number of nitrogens with one attached hydrogen (secondary N) is 3. The SMILES string of the molecule is Cc1c(-c2cc3cc(NC(=O)OC4CC5(CNC5)C4)ncc3c(NC(=O)OC(C)(C)C)c2F)cnc2c1N(C(=O)OC(C)(C)C)CCC2. The van der Waals surface area contributed by atoms with Crippen molar-refractivity contribution < 1.29 is 33.0 Å². The zero-order chi connectivity index (χ0) is 34.6. The number of carbonyl (C=O) groups excluding carboxylic acids is 3. The number of rotatable bonds is 4. The minimum atomic E-state index is -0.845. The monoisotopic (exact) mass is 662 g/mol. The molecule has 1 spiro atoms. The fourth-order valence-corrected chi connectivity index (χ4v) is 6.58. The van der Waals surface area contributed by atoms with Crippen LogP contribution in [0.1, 0.15) is 72.1 Å². The van der Waals surface area contributed by atoms with Crippen molar-refractivity contribution in [1.82, 2.24) is 15.3 Å². The molecule has 2 aliphatic heterocycles. The average Bonchev–Trinajstić information content (AvgIpc) is 2.93. The molecule has 2 aromatic heterocycles. The number of benzene rings is 1. The van der Waals surface area contributed by atoms with E-state index in [1.165, 1.54) is 6.20 Å². The molecule has 12 nitrogen and oxygen atoms in total. The summed E-state index contributed by atoms with van der Waals surface area (Å²) in [6, 6.07) is 3.20. The fraction of sp³-hybridized carbons (Fsp3) is 0.514. The van der Waals surface area contributed by atoms with Crippen LogP contribution in [0.4, 0.5) is 36.0 Å². The Bertz CT molecular complexity index is 1790. The molecule has 48 heavy (non-hydrogen) atoms. The third-order valence-electron chi connectivity index (χ3n) is 8.76. The van der Waals surface area contributed by atoms with Crippen molar-refractivity contribution in [3.8, 4) is 11.1 Å². The number of amides is 3. The van der Waals surface area contributed by atoms with E-state index >= 15 is 4.39 Å². The Labute approximate surface area is 279 Å². The molecule has 1 aromatic carbocycles. The van der Waals surface area contributed by atoms with E-state index in [9.17, 15) is 14.4 Å². The van der Waals surface area contributed by atoms with Gasteiger partial charge in [0.2, 0.25) is 0 Å². The van der Waals surface area contributed by atoms with Crippen LogP contribution in [0.25, 0.3) is 21.9 Å². The van der Waals surface area contributed by atoms with Gasteiger partial charge in [-0.3, -0.25) is 20.5 Å². The molecule has 0 radical (unpaired) electrons. The molecule has 0 atom stereocenters. The predicted octanol–water partition coefficient (Wildman–Crippen LogP) is 7.08. The first kappa shape index (κ1) is 33.4. The van der Waals surface area contributed by atoms with E-state index in [1.807, 2.05) is 6.92 Å². The molecule has 13 heteroatoms. The van der Waals surface area contributed by atoms with Crippen LogP contribution in [0.5, 0.6) is 0 Å². The van der Waals surface area contributed by atoms with Gasteiger partial charge in [-0.05, 0) is 97.2 Å². The molecular formula is C35H43FN6O6. The van der Waals surface area contributed by atoms with Gasteiger partial charge in [0.1, 0.15) is 23.1 Å². The molecular weight excluding hydrogens is 619 g/mol. The molecule has 1 saturated heterocycles. The number of anilines is 3. The molecule has 256 valence electrons. The van der Waals surface area contributed by atoms with E-state index in [0.717, 1.165) is 25.9 Å². The number of hydrogen-bond donors (Lipinski definition) is 3. The third kappa shape index (κ3) is 6.87. The molecule has 3 aromatic rings. The van der Waals surface area contributed by atoms with Crippen LogP contribution in [0.2, 0.25) is 0 Å². The lowest BCUT2D eigenvalue weighted by molar-refractivity contribution is -0.0665. The van der Waals surface area contributed by atoms with Crippen LogP contribution in [-0.2, 0) is 20.6 Å². The number of pyridine rings is 2. The summed E-state index contributed by atoms with van der Waals surface area (Å²) in [6.07, 6.45) is 3.82. The Kier molecular flexibility index (Phi) is 8.47. The van der Waals surface area contributed by atoms with Crippen LogP contribution in [0.15, 0.2) is 24.5 Å². The molecule has 3 amide bonds. The lowest BCUT2D eigenvalue weighted by Crippen LogP contribution is -2.62. The molecule has 1 saturated carbocycles. The Morgan fingerprint density at radius 2 is 1.67 bits per heavy atom. The van der Waals surface area contributed by atoms with Crippen molar-refractivity contribution >= 4 is 46.2 Å². The van der Waals surface area contributed by atoms with E-state index in [2.05, 4.69) is 25.9 Å². The van der Waals surface area contributed by atoms with E-state index in [-0.39, 0.29) is 28.6 Å². The maximum atomic E-state index is 16.6. The summed E-state index contributed by atoms with van der Waals surface area (Å²) >= 11 is 0. The number of aromatic nitrogens is 2. The molecule has 6 rings (SSSR count). The van der Waals surface area contributed by atoms with Crippen molar-refractivity contribution in [1.29, 1.82) is 0 Å². The molecule has 1 aliphatic carbocycles. The molecule has 4 heterocycles. The lowest BCUT2D eigenvalue weighted by Gasteiger charge is -2.53. The number of carbonyl (C=O) groups is 3. The summed E-state index contributed by atoms with van der Waals surface area (Å²) in [7, 11) is 0. The zero-order valence-electron chi connectivity index (χ0n) is 28.5. The van der Waals surface area contributed by atoms with Gasteiger partial charge >= 0.3 is 18.3 Å². The summed E-state index contributed by atoms with van der Waals surface area (Å²) < 4.78 is 33.4. The van der Waals surface area contributed by atoms with Gasteiger partial charge in [0.25, 0.3) is 0 Å². The number of hydrogen-bond acceptors (Lipinski definition) is 9. The van der Waals surface area contributed by atoms with E-state index in [1.54, 1.807) is 64.8 Å². The van der Waals surface area contributed by atoms with Crippen LogP contribution in [0.3, 0.4) is 0 Å². The largest absolute Gasteiger partial charge is 0.446 e. The van der Waals surface area contributed by atoms with Gasteiger partial charge < -0.3 is 19.5 Å². The first-order chi connectivity index (χ1) is 22.5. The highest BCUT2D eigenvalue weighted by atomic mass is 19.1. The van der Waals surface area contributed by atoms with Crippen molar-refractivity contribution in [2.75, 3.05) is 35.2 Å². The second-order valence-electron chi connectivity index (χ2n) is 15.0. The minimum Gasteiger partial charge on any atom is -0.446 e. The molecule has 3 N–H and O–H groups in total. The summed E-state index contributed by atoms with van der Waals surface area (Å²) in [5.41, 5.74) is 1.03. The lowest BCUT2D eigenvalue weighted by atomic mass is 9.63. The van der Waals surface area contributed by atoms with Crippen LogP contribution in [-0.4, -0.2) is 65.2 Å². The van der Waals surface area contributed by atoms with Crippen molar-refractivity contribution in [2.24, 2.45) is 5.41 Å². The Balaban J connectivity index is 1.38. The number of halogens is 1. The van der Waals surface area contributed by atoms with Gasteiger partial charge in [-0.2, -0.15) is 0 Å². The number of nitrogens with zero attached hydrogens (tertiary/aromatic N) is 3. The van der Waals surface area contributed by atoms with Crippen LogP contribution in [0, 0.1) is 18.2 Å².